The number of aromatic nitrogens is 6. The molecule has 1 saturated heterocycles. The van der Waals surface area contributed by atoms with Crippen molar-refractivity contribution in [2.45, 2.75) is 45.4 Å². The average Bonchev–Trinajstić information content (AvgIpc) is 3.25. The summed E-state index contributed by atoms with van der Waals surface area (Å²) in [5.41, 5.74) is 4.16. The van der Waals surface area contributed by atoms with Crippen molar-refractivity contribution in [2.24, 2.45) is 0 Å². The van der Waals surface area contributed by atoms with Gasteiger partial charge in [0.1, 0.15) is 0 Å². The molecule has 1 fully saturated rings. The van der Waals surface area contributed by atoms with Gasteiger partial charge in [0.15, 0.2) is 11.5 Å². The number of hydrogen-bond acceptors (Lipinski definition) is 6. The second-order valence-corrected chi connectivity index (χ2v) is 7.26. The van der Waals surface area contributed by atoms with Gasteiger partial charge >= 0.3 is 0 Å². The molecule has 0 atom stereocenters. The van der Waals surface area contributed by atoms with Gasteiger partial charge in [0, 0.05) is 12.5 Å². The number of aryl methyl sites for hydroxylation is 1. The zero-order chi connectivity index (χ0) is 17.5. The Labute approximate surface area is 151 Å². The second kappa shape index (κ2) is 6.44. The fraction of sp³-hybridized carbons (Fsp3) is 0.556. The predicted octanol–water partition coefficient (Wildman–Crippen LogP) is 1.54. The van der Waals surface area contributed by atoms with Gasteiger partial charge in [-0.3, -0.25) is 9.58 Å². The standard InChI is InChI=1S/C18H23N7O/c1-13-2-3-17-19-20-18(25(17)21-13)14-4-6-23(7-5-14)11-15-10-16-12-26-9-8-24(16)22-15/h2-3,10,14H,4-9,11-12H2,1H3. The van der Waals surface area contributed by atoms with Crippen LogP contribution in [0.25, 0.3) is 5.65 Å². The third-order valence-corrected chi connectivity index (χ3v) is 5.37. The molecular formula is C18H23N7O. The lowest BCUT2D eigenvalue weighted by Gasteiger charge is -2.30. The minimum Gasteiger partial charge on any atom is -0.373 e. The molecule has 3 aromatic heterocycles. The molecule has 26 heavy (non-hydrogen) atoms. The summed E-state index contributed by atoms with van der Waals surface area (Å²) < 4.78 is 9.50. The molecule has 0 spiro atoms. The first-order valence-corrected chi connectivity index (χ1v) is 9.31. The van der Waals surface area contributed by atoms with Gasteiger partial charge in [-0.25, -0.2) is 0 Å². The molecule has 0 aromatic carbocycles. The summed E-state index contributed by atoms with van der Waals surface area (Å²) >= 11 is 0. The van der Waals surface area contributed by atoms with E-state index in [1.165, 1.54) is 5.69 Å². The normalized spacial score (nSPS) is 19.1. The fourth-order valence-electron chi connectivity index (χ4n) is 3.96. The molecule has 0 unspecified atom stereocenters. The van der Waals surface area contributed by atoms with Crippen LogP contribution in [-0.4, -0.2) is 54.2 Å². The van der Waals surface area contributed by atoms with Crippen molar-refractivity contribution < 1.29 is 4.74 Å². The largest absolute Gasteiger partial charge is 0.373 e. The SMILES string of the molecule is Cc1ccc2nnc(C3CCN(Cc4cc5n(n4)CCOC5)CC3)n2n1. The first-order chi connectivity index (χ1) is 12.8. The molecule has 2 aliphatic heterocycles. The number of piperidine rings is 1. The van der Waals surface area contributed by atoms with Crippen LogP contribution in [0.15, 0.2) is 18.2 Å². The Hall–Kier alpha value is -2.32. The summed E-state index contributed by atoms with van der Waals surface area (Å²) in [5, 5.41) is 18.0. The highest BCUT2D eigenvalue weighted by atomic mass is 16.5. The summed E-state index contributed by atoms with van der Waals surface area (Å²) in [6.45, 7) is 7.31. The summed E-state index contributed by atoms with van der Waals surface area (Å²) in [5.74, 6) is 1.41. The molecule has 2 aliphatic rings. The van der Waals surface area contributed by atoms with Crippen molar-refractivity contribution >= 4 is 5.65 Å². The van der Waals surface area contributed by atoms with Crippen molar-refractivity contribution in [2.75, 3.05) is 19.7 Å². The molecule has 0 radical (unpaired) electrons. The average molecular weight is 353 g/mol. The van der Waals surface area contributed by atoms with Crippen LogP contribution in [0.1, 0.15) is 41.7 Å². The lowest BCUT2D eigenvalue weighted by Crippen LogP contribution is -2.33. The first kappa shape index (κ1) is 15.9. The monoisotopic (exact) mass is 353 g/mol. The summed E-state index contributed by atoms with van der Waals surface area (Å²) in [6, 6.07) is 6.15. The summed E-state index contributed by atoms with van der Waals surface area (Å²) in [6.07, 6.45) is 2.15. The molecule has 8 nitrogen and oxygen atoms in total. The number of nitrogens with zero attached hydrogens (tertiary/aromatic N) is 7. The van der Waals surface area contributed by atoms with Gasteiger partial charge in [-0.05, 0) is 51.1 Å². The van der Waals surface area contributed by atoms with E-state index in [0.717, 1.165) is 68.5 Å². The zero-order valence-electron chi connectivity index (χ0n) is 15.0. The van der Waals surface area contributed by atoms with E-state index in [1.807, 2.05) is 23.6 Å². The van der Waals surface area contributed by atoms with Gasteiger partial charge < -0.3 is 4.74 Å². The topological polar surface area (TPSA) is 73.4 Å². The van der Waals surface area contributed by atoms with Crippen LogP contribution in [0.4, 0.5) is 0 Å². The maximum absolute atomic E-state index is 5.50. The van der Waals surface area contributed by atoms with Gasteiger partial charge in [0.2, 0.25) is 0 Å². The molecule has 136 valence electrons. The lowest BCUT2D eigenvalue weighted by molar-refractivity contribution is 0.0799. The van der Waals surface area contributed by atoms with Crippen LogP contribution >= 0.6 is 0 Å². The highest BCUT2D eigenvalue weighted by Crippen LogP contribution is 2.27. The minimum absolute atomic E-state index is 0.416. The van der Waals surface area contributed by atoms with Crippen LogP contribution in [0.2, 0.25) is 0 Å². The molecule has 0 N–H and O–H groups in total. The Kier molecular flexibility index (Phi) is 3.94. The number of hydrogen-bond donors (Lipinski definition) is 0. The van der Waals surface area contributed by atoms with Gasteiger partial charge in [0.05, 0.1) is 36.8 Å². The molecular weight excluding hydrogens is 330 g/mol. The Morgan fingerprint density at radius 1 is 1.12 bits per heavy atom. The second-order valence-electron chi connectivity index (χ2n) is 7.26. The third-order valence-electron chi connectivity index (χ3n) is 5.37. The third kappa shape index (κ3) is 2.89. The Morgan fingerprint density at radius 2 is 2.00 bits per heavy atom. The van der Waals surface area contributed by atoms with Gasteiger partial charge in [-0.15, -0.1) is 10.2 Å². The number of fused-ring (bicyclic) bond motifs is 2. The van der Waals surface area contributed by atoms with Crippen molar-refractivity contribution in [1.82, 2.24) is 34.5 Å². The van der Waals surface area contributed by atoms with E-state index in [0.29, 0.717) is 12.5 Å². The lowest BCUT2D eigenvalue weighted by atomic mass is 9.96. The molecule has 0 aliphatic carbocycles. The fourth-order valence-corrected chi connectivity index (χ4v) is 3.96. The van der Waals surface area contributed by atoms with Crippen LogP contribution in [-0.2, 0) is 24.4 Å². The van der Waals surface area contributed by atoms with Crippen LogP contribution in [0.3, 0.4) is 0 Å². The molecule has 5 heterocycles. The van der Waals surface area contributed by atoms with E-state index < -0.39 is 0 Å². The van der Waals surface area contributed by atoms with Crippen LogP contribution in [0, 0.1) is 6.92 Å². The summed E-state index contributed by atoms with van der Waals surface area (Å²) in [4.78, 5) is 2.48. The summed E-state index contributed by atoms with van der Waals surface area (Å²) in [7, 11) is 0. The number of rotatable bonds is 3. The maximum Gasteiger partial charge on any atom is 0.177 e. The van der Waals surface area contributed by atoms with E-state index in [1.54, 1.807) is 0 Å². The van der Waals surface area contributed by atoms with Gasteiger partial charge in [-0.2, -0.15) is 14.7 Å². The molecule has 0 amide bonds. The van der Waals surface area contributed by atoms with Crippen molar-refractivity contribution in [3.8, 4) is 0 Å². The van der Waals surface area contributed by atoms with Crippen LogP contribution in [0.5, 0.6) is 0 Å². The molecule has 0 bridgehead atoms. The van der Waals surface area contributed by atoms with E-state index in [4.69, 9.17) is 9.84 Å². The number of ether oxygens (including phenoxy) is 1. The predicted molar refractivity (Wildman–Crippen MR) is 94.7 cm³/mol. The van der Waals surface area contributed by atoms with E-state index in [9.17, 15) is 0 Å². The highest BCUT2D eigenvalue weighted by molar-refractivity contribution is 5.36. The zero-order valence-corrected chi connectivity index (χ0v) is 15.0. The molecule has 5 rings (SSSR count). The van der Waals surface area contributed by atoms with Gasteiger partial charge in [0.25, 0.3) is 0 Å². The molecule has 3 aromatic rings. The van der Waals surface area contributed by atoms with Gasteiger partial charge in [-0.1, -0.05) is 0 Å². The van der Waals surface area contributed by atoms with Crippen molar-refractivity contribution in [3.05, 3.63) is 41.1 Å². The van der Waals surface area contributed by atoms with Crippen LogP contribution < -0.4 is 0 Å². The Balaban J connectivity index is 1.25. The van der Waals surface area contributed by atoms with Crippen molar-refractivity contribution in [1.29, 1.82) is 0 Å². The first-order valence-electron chi connectivity index (χ1n) is 9.31. The smallest absolute Gasteiger partial charge is 0.177 e. The molecule has 0 saturated carbocycles. The quantitative estimate of drug-likeness (QED) is 0.711. The maximum atomic E-state index is 5.50. The number of likely N-dealkylation sites (tertiary alicyclic amines) is 1. The Morgan fingerprint density at radius 3 is 2.85 bits per heavy atom. The van der Waals surface area contributed by atoms with E-state index in [2.05, 4.69) is 30.9 Å². The van der Waals surface area contributed by atoms with Crippen molar-refractivity contribution in [3.63, 3.8) is 0 Å². The van der Waals surface area contributed by atoms with E-state index in [-0.39, 0.29) is 0 Å². The Bertz CT molecular complexity index is 899. The molecule has 8 heteroatoms. The minimum atomic E-state index is 0.416. The van der Waals surface area contributed by atoms with E-state index >= 15 is 0 Å². The highest BCUT2D eigenvalue weighted by Gasteiger charge is 2.26.